The smallest absolute Gasteiger partial charge is 0.253 e. The molecule has 0 saturated carbocycles. The first-order chi connectivity index (χ1) is 14.8. The molecule has 0 spiro atoms. The van der Waals surface area contributed by atoms with Gasteiger partial charge in [-0.1, -0.05) is 0 Å². The second-order valence-corrected chi connectivity index (χ2v) is 9.16. The Morgan fingerprint density at radius 1 is 1.06 bits per heavy atom. The maximum absolute atomic E-state index is 13.2. The van der Waals surface area contributed by atoms with Crippen LogP contribution < -0.4 is 5.32 Å². The molecule has 1 aliphatic rings. The fourth-order valence-corrected chi connectivity index (χ4v) is 5.30. The number of rotatable bonds is 7. The van der Waals surface area contributed by atoms with Crippen LogP contribution in [0.3, 0.4) is 0 Å². The van der Waals surface area contributed by atoms with Crippen LogP contribution in [0.4, 0.5) is 10.1 Å². The maximum atomic E-state index is 13.2. The van der Waals surface area contributed by atoms with Crippen LogP contribution in [0.25, 0.3) is 0 Å². The third-order valence-electron chi connectivity index (χ3n) is 5.38. The highest BCUT2D eigenvalue weighted by molar-refractivity contribution is 7.89. The van der Waals surface area contributed by atoms with E-state index in [1.807, 2.05) is 13.8 Å². The molecule has 1 saturated heterocycles. The van der Waals surface area contributed by atoms with Gasteiger partial charge in [-0.15, -0.1) is 0 Å². The van der Waals surface area contributed by atoms with Gasteiger partial charge in [0.1, 0.15) is 11.9 Å². The zero-order chi connectivity index (χ0) is 22.6. The van der Waals surface area contributed by atoms with E-state index in [0.717, 1.165) is 16.4 Å². The average molecular weight is 448 g/mol. The number of anilines is 1. The van der Waals surface area contributed by atoms with Crippen molar-refractivity contribution in [3.8, 4) is 0 Å². The quantitative estimate of drug-likeness (QED) is 0.707. The van der Waals surface area contributed by atoms with E-state index in [2.05, 4.69) is 5.32 Å². The number of hydrogen-bond donors (Lipinski definition) is 1. The molecular weight excluding hydrogens is 421 g/mol. The summed E-state index contributed by atoms with van der Waals surface area (Å²) in [5, 5.41) is 2.74. The van der Waals surface area contributed by atoms with Gasteiger partial charge in [0.25, 0.3) is 5.91 Å². The predicted molar refractivity (Wildman–Crippen MR) is 116 cm³/mol. The SMILES string of the molecule is CCN(CC)C(=O)c1ccc(NC(=O)[C@@H]2CCCN2S(=O)(=O)c2ccc(F)cc2)cc1. The van der Waals surface area contributed by atoms with Gasteiger partial charge in [-0.05, 0) is 75.2 Å². The lowest BCUT2D eigenvalue weighted by atomic mass is 10.1. The van der Waals surface area contributed by atoms with Gasteiger partial charge in [-0.2, -0.15) is 4.31 Å². The van der Waals surface area contributed by atoms with Crippen LogP contribution in [0, 0.1) is 5.82 Å². The van der Waals surface area contributed by atoms with Crippen LogP contribution >= 0.6 is 0 Å². The fourth-order valence-electron chi connectivity index (χ4n) is 3.65. The molecule has 9 heteroatoms. The van der Waals surface area contributed by atoms with E-state index in [1.54, 1.807) is 29.2 Å². The van der Waals surface area contributed by atoms with E-state index in [0.29, 0.717) is 37.2 Å². The lowest BCUT2D eigenvalue weighted by molar-refractivity contribution is -0.119. The number of benzene rings is 2. The van der Waals surface area contributed by atoms with Crippen molar-refractivity contribution in [1.82, 2.24) is 9.21 Å². The Labute approximate surface area is 181 Å². The Bertz CT molecular complexity index is 1040. The summed E-state index contributed by atoms with van der Waals surface area (Å²) in [4.78, 5) is 26.9. The van der Waals surface area contributed by atoms with Crippen LogP contribution in [0.2, 0.25) is 0 Å². The average Bonchev–Trinajstić information content (AvgIpc) is 3.26. The van der Waals surface area contributed by atoms with E-state index < -0.39 is 27.8 Å². The zero-order valence-electron chi connectivity index (χ0n) is 17.5. The molecule has 0 radical (unpaired) electrons. The van der Waals surface area contributed by atoms with Crippen LogP contribution in [-0.4, -0.2) is 55.1 Å². The first-order valence-electron chi connectivity index (χ1n) is 10.3. The van der Waals surface area contributed by atoms with Gasteiger partial charge in [-0.25, -0.2) is 12.8 Å². The van der Waals surface area contributed by atoms with E-state index in [4.69, 9.17) is 0 Å². The first-order valence-corrected chi connectivity index (χ1v) is 11.7. The molecule has 1 fully saturated rings. The number of nitrogens with zero attached hydrogens (tertiary/aromatic N) is 2. The minimum Gasteiger partial charge on any atom is -0.339 e. The molecule has 1 atom stereocenters. The van der Waals surface area contributed by atoms with E-state index in [1.165, 1.54) is 12.1 Å². The summed E-state index contributed by atoms with van der Waals surface area (Å²) in [7, 11) is -3.92. The van der Waals surface area contributed by atoms with Gasteiger partial charge in [0, 0.05) is 30.9 Å². The molecule has 0 unspecified atom stereocenters. The Kier molecular flexibility index (Phi) is 7.07. The van der Waals surface area contributed by atoms with Gasteiger partial charge < -0.3 is 10.2 Å². The summed E-state index contributed by atoms with van der Waals surface area (Å²) in [6, 6.07) is 10.2. The molecular formula is C22H26FN3O4S. The number of carbonyl (C=O) groups is 2. The topological polar surface area (TPSA) is 86.8 Å². The predicted octanol–water partition coefficient (Wildman–Crippen LogP) is 3.10. The van der Waals surface area contributed by atoms with Crippen molar-refractivity contribution in [2.24, 2.45) is 0 Å². The summed E-state index contributed by atoms with van der Waals surface area (Å²) in [5.74, 6) is -1.06. The standard InChI is InChI=1S/C22H26FN3O4S/c1-3-25(4-2)22(28)16-7-11-18(12-8-16)24-21(27)20-6-5-15-26(20)31(29,30)19-13-9-17(23)10-14-19/h7-14,20H,3-6,15H2,1-2H3,(H,24,27)/t20-/m0/s1. The van der Waals surface area contributed by atoms with Crippen molar-refractivity contribution >= 4 is 27.5 Å². The lowest BCUT2D eigenvalue weighted by Gasteiger charge is -2.23. The molecule has 0 aromatic heterocycles. The van der Waals surface area contributed by atoms with Gasteiger partial charge in [-0.3, -0.25) is 9.59 Å². The van der Waals surface area contributed by atoms with Gasteiger partial charge in [0.05, 0.1) is 4.90 Å². The Morgan fingerprint density at radius 3 is 2.26 bits per heavy atom. The second-order valence-electron chi connectivity index (χ2n) is 7.27. The minimum absolute atomic E-state index is 0.0483. The van der Waals surface area contributed by atoms with Crippen molar-refractivity contribution in [2.45, 2.75) is 37.6 Å². The third kappa shape index (κ3) is 4.94. The van der Waals surface area contributed by atoms with Gasteiger partial charge in [0.2, 0.25) is 15.9 Å². The highest BCUT2D eigenvalue weighted by atomic mass is 32.2. The zero-order valence-corrected chi connectivity index (χ0v) is 18.4. The van der Waals surface area contributed by atoms with Gasteiger partial charge in [0.15, 0.2) is 0 Å². The number of halogens is 1. The maximum Gasteiger partial charge on any atom is 0.253 e. The van der Waals surface area contributed by atoms with Crippen LogP contribution in [0.5, 0.6) is 0 Å². The molecule has 2 amide bonds. The largest absolute Gasteiger partial charge is 0.339 e. The van der Waals surface area contributed by atoms with E-state index >= 15 is 0 Å². The summed E-state index contributed by atoms with van der Waals surface area (Å²) in [6.45, 7) is 5.24. The molecule has 166 valence electrons. The molecule has 1 aliphatic heterocycles. The lowest BCUT2D eigenvalue weighted by Crippen LogP contribution is -2.43. The normalized spacial score (nSPS) is 16.8. The van der Waals surface area contributed by atoms with Gasteiger partial charge >= 0.3 is 0 Å². The molecule has 31 heavy (non-hydrogen) atoms. The molecule has 1 N–H and O–H groups in total. The van der Waals surface area contributed by atoms with Crippen molar-refractivity contribution in [1.29, 1.82) is 0 Å². The molecule has 2 aromatic rings. The summed E-state index contributed by atoms with van der Waals surface area (Å²) in [5.41, 5.74) is 0.996. The van der Waals surface area contributed by atoms with Crippen LogP contribution in [0.1, 0.15) is 37.0 Å². The molecule has 2 aromatic carbocycles. The number of nitrogens with one attached hydrogen (secondary N) is 1. The van der Waals surface area contributed by atoms with E-state index in [-0.39, 0.29) is 17.3 Å². The third-order valence-corrected chi connectivity index (χ3v) is 7.30. The highest BCUT2D eigenvalue weighted by Gasteiger charge is 2.39. The summed E-state index contributed by atoms with van der Waals surface area (Å²) in [6.07, 6.45) is 0.945. The van der Waals surface area contributed by atoms with Crippen molar-refractivity contribution in [3.05, 3.63) is 59.9 Å². The number of sulfonamides is 1. The fraction of sp³-hybridized carbons (Fsp3) is 0.364. The summed E-state index contributed by atoms with van der Waals surface area (Å²) < 4.78 is 40.2. The second kappa shape index (κ2) is 9.57. The molecule has 0 bridgehead atoms. The molecule has 0 aliphatic carbocycles. The summed E-state index contributed by atoms with van der Waals surface area (Å²) >= 11 is 0. The van der Waals surface area contributed by atoms with Crippen molar-refractivity contribution in [3.63, 3.8) is 0 Å². The van der Waals surface area contributed by atoms with Crippen LogP contribution in [-0.2, 0) is 14.8 Å². The van der Waals surface area contributed by atoms with Crippen LogP contribution in [0.15, 0.2) is 53.4 Å². The molecule has 3 rings (SSSR count). The monoisotopic (exact) mass is 447 g/mol. The number of hydrogen-bond acceptors (Lipinski definition) is 4. The van der Waals surface area contributed by atoms with Crippen molar-refractivity contribution in [2.75, 3.05) is 25.0 Å². The van der Waals surface area contributed by atoms with E-state index in [9.17, 15) is 22.4 Å². The Balaban J connectivity index is 1.72. The number of carbonyl (C=O) groups excluding carboxylic acids is 2. The number of amides is 2. The highest BCUT2D eigenvalue weighted by Crippen LogP contribution is 2.27. The van der Waals surface area contributed by atoms with Crippen molar-refractivity contribution < 1.29 is 22.4 Å². The first kappa shape index (κ1) is 22.9. The Hall–Kier alpha value is -2.78. The molecule has 7 nitrogen and oxygen atoms in total. The minimum atomic E-state index is -3.92. The molecule has 1 heterocycles. The Morgan fingerprint density at radius 2 is 1.68 bits per heavy atom.